The van der Waals surface area contributed by atoms with E-state index in [1.165, 1.54) is 0 Å². The Labute approximate surface area is 108 Å². The Hall–Kier alpha value is -1.40. The van der Waals surface area contributed by atoms with E-state index in [9.17, 15) is 4.79 Å². The summed E-state index contributed by atoms with van der Waals surface area (Å²) in [4.78, 5) is 13.8. The van der Waals surface area contributed by atoms with Crippen LogP contribution in [-0.2, 0) is 11.3 Å². The zero-order valence-corrected chi connectivity index (χ0v) is 11.6. The maximum Gasteiger partial charge on any atom is 0.242 e. The first-order chi connectivity index (χ1) is 8.40. The Morgan fingerprint density at radius 1 is 1.56 bits per heavy atom. The van der Waals surface area contributed by atoms with E-state index in [4.69, 9.17) is 5.73 Å². The number of rotatable bonds is 6. The summed E-state index contributed by atoms with van der Waals surface area (Å²) in [5.74, 6) is 0.471. The van der Waals surface area contributed by atoms with Crippen LogP contribution in [0.25, 0.3) is 0 Å². The number of aromatic nitrogens is 2. The highest BCUT2D eigenvalue weighted by Crippen LogP contribution is 2.06. The number of anilines is 1. The molecule has 1 amide bonds. The number of carbonyl (C=O) groups excluding carboxylic acids is 1. The molecular formula is C12H23N5O. The Bertz CT molecular complexity index is 386. The third-order valence-corrected chi connectivity index (χ3v) is 2.69. The second-order valence-corrected chi connectivity index (χ2v) is 5.03. The molecule has 6 nitrogen and oxygen atoms in total. The van der Waals surface area contributed by atoms with Crippen molar-refractivity contribution in [1.82, 2.24) is 14.7 Å². The fourth-order valence-electron chi connectivity index (χ4n) is 1.37. The van der Waals surface area contributed by atoms with Crippen LogP contribution in [0.5, 0.6) is 0 Å². The summed E-state index contributed by atoms with van der Waals surface area (Å²) in [6.45, 7) is 5.53. The van der Waals surface area contributed by atoms with Crippen LogP contribution < -0.4 is 11.1 Å². The number of likely N-dealkylation sites (N-methyl/N-ethyl adjacent to an activating group) is 1. The van der Waals surface area contributed by atoms with Gasteiger partial charge < -0.3 is 16.0 Å². The molecule has 1 aromatic rings. The normalized spacial score (nSPS) is 13.1. The average molecular weight is 253 g/mol. The van der Waals surface area contributed by atoms with Crippen molar-refractivity contribution in [2.45, 2.75) is 26.4 Å². The van der Waals surface area contributed by atoms with Crippen molar-refractivity contribution in [1.29, 1.82) is 0 Å². The van der Waals surface area contributed by atoms with Crippen LogP contribution in [0.1, 0.15) is 13.8 Å². The molecule has 1 aromatic heterocycles. The molecule has 0 unspecified atom stereocenters. The van der Waals surface area contributed by atoms with Gasteiger partial charge in [0.25, 0.3) is 0 Å². The first-order valence-electron chi connectivity index (χ1n) is 6.14. The molecule has 0 spiro atoms. The monoisotopic (exact) mass is 253 g/mol. The highest BCUT2D eigenvalue weighted by atomic mass is 16.2. The van der Waals surface area contributed by atoms with Crippen LogP contribution in [0.3, 0.4) is 0 Å². The van der Waals surface area contributed by atoms with Crippen molar-refractivity contribution in [3.63, 3.8) is 0 Å². The smallest absolute Gasteiger partial charge is 0.242 e. The van der Waals surface area contributed by atoms with E-state index in [2.05, 4.69) is 15.3 Å². The molecule has 0 aromatic carbocycles. The summed E-state index contributed by atoms with van der Waals surface area (Å²) in [7, 11) is 4.02. The van der Waals surface area contributed by atoms with Gasteiger partial charge in [0.05, 0.1) is 12.6 Å². The summed E-state index contributed by atoms with van der Waals surface area (Å²) in [5, 5.41) is 6.99. The molecule has 6 heteroatoms. The number of carbonyl (C=O) groups is 1. The minimum absolute atomic E-state index is 0.112. The van der Waals surface area contributed by atoms with Gasteiger partial charge in [-0.1, -0.05) is 13.8 Å². The number of hydrogen-bond acceptors (Lipinski definition) is 4. The van der Waals surface area contributed by atoms with E-state index < -0.39 is 6.04 Å². The predicted molar refractivity (Wildman–Crippen MR) is 72.2 cm³/mol. The Balaban J connectivity index is 2.51. The van der Waals surface area contributed by atoms with Gasteiger partial charge in [0.1, 0.15) is 0 Å². The number of amides is 1. The first kappa shape index (κ1) is 14.7. The summed E-state index contributed by atoms with van der Waals surface area (Å²) in [6.07, 6.45) is 1.85. The molecular weight excluding hydrogens is 230 g/mol. The van der Waals surface area contributed by atoms with Crippen molar-refractivity contribution in [2.75, 3.05) is 26.0 Å². The standard InChI is InChI=1S/C12H23N5O/c1-9(2)11(13)12(18)14-10-5-6-17(15-10)8-7-16(3)4/h5-6,9,11H,7-8,13H2,1-4H3,(H,14,15,18)/t11-/m0/s1. The molecule has 1 heterocycles. The molecule has 0 fully saturated rings. The van der Waals surface area contributed by atoms with E-state index in [0.717, 1.165) is 13.1 Å². The minimum atomic E-state index is -0.503. The van der Waals surface area contributed by atoms with Gasteiger partial charge in [-0.2, -0.15) is 5.10 Å². The highest BCUT2D eigenvalue weighted by molar-refractivity contribution is 5.93. The lowest BCUT2D eigenvalue weighted by Crippen LogP contribution is -2.39. The molecule has 0 aliphatic heterocycles. The van der Waals surface area contributed by atoms with Crippen molar-refractivity contribution in [3.8, 4) is 0 Å². The van der Waals surface area contributed by atoms with Crippen molar-refractivity contribution < 1.29 is 4.79 Å². The van der Waals surface area contributed by atoms with Crippen LogP contribution in [0.2, 0.25) is 0 Å². The Kier molecular flexibility index (Phi) is 5.30. The minimum Gasteiger partial charge on any atom is -0.320 e. The van der Waals surface area contributed by atoms with Crippen LogP contribution in [-0.4, -0.2) is 47.3 Å². The van der Waals surface area contributed by atoms with Gasteiger partial charge in [-0.05, 0) is 20.0 Å². The highest BCUT2D eigenvalue weighted by Gasteiger charge is 2.17. The maximum atomic E-state index is 11.7. The van der Waals surface area contributed by atoms with E-state index in [1.54, 1.807) is 10.7 Å². The van der Waals surface area contributed by atoms with E-state index >= 15 is 0 Å². The largest absolute Gasteiger partial charge is 0.320 e. The van der Waals surface area contributed by atoms with Crippen molar-refractivity contribution in [3.05, 3.63) is 12.3 Å². The van der Waals surface area contributed by atoms with Gasteiger partial charge >= 0.3 is 0 Å². The quantitative estimate of drug-likeness (QED) is 0.768. The lowest BCUT2D eigenvalue weighted by atomic mass is 10.1. The van der Waals surface area contributed by atoms with Crippen LogP contribution in [0.15, 0.2) is 12.3 Å². The van der Waals surface area contributed by atoms with Gasteiger partial charge in [0.2, 0.25) is 5.91 Å². The lowest BCUT2D eigenvalue weighted by Gasteiger charge is -2.14. The van der Waals surface area contributed by atoms with E-state index in [1.807, 2.05) is 34.1 Å². The van der Waals surface area contributed by atoms with E-state index in [0.29, 0.717) is 5.82 Å². The summed E-state index contributed by atoms with van der Waals surface area (Å²) in [5.41, 5.74) is 5.76. The zero-order valence-electron chi connectivity index (χ0n) is 11.6. The van der Waals surface area contributed by atoms with Crippen LogP contribution in [0, 0.1) is 5.92 Å². The molecule has 1 rings (SSSR count). The molecule has 18 heavy (non-hydrogen) atoms. The van der Waals surface area contributed by atoms with Gasteiger partial charge in [0, 0.05) is 18.8 Å². The van der Waals surface area contributed by atoms with Crippen LogP contribution in [0.4, 0.5) is 5.82 Å². The van der Waals surface area contributed by atoms with Gasteiger partial charge in [-0.15, -0.1) is 0 Å². The molecule has 0 saturated heterocycles. The van der Waals surface area contributed by atoms with Crippen molar-refractivity contribution >= 4 is 11.7 Å². The number of nitrogens with two attached hydrogens (primary N) is 1. The number of nitrogens with one attached hydrogen (secondary N) is 1. The zero-order chi connectivity index (χ0) is 13.7. The second-order valence-electron chi connectivity index (χ2n) is 5.03. The summed E-state index contributed by atoms with van der Waals surface area (Å²) in [6, 6.07) is 1.28. The molecule has 102 valence electrons. The molecule has 0 saturated carbocycles. The number of nitrogens with zero attached hydrogens (tertiary/aromatic N) is 3. The van der Waals surface area contributed by atoms with E-state index in [-0.39, 0.29) is 11.8 Å². The molecule has 0 aliphatic carbocycles. The molecule has 1 atom stereocenters. The Morgan fingerprint density at radius 3 is 2.78 bits per heavy atom. The van der Waals surface area contributed by atoms with Gasteiger partial charge in [-0.3, -0.25) is 9.48 Å². The molecule has 0 bridgehead atoms. The Morgan fingerprint density at radius 2 is 2.22 bits per heavy atom. The topological polar surface area (TPSA) is 76.2 Å². The SMILES string of the molecule is CC(C)[C@H](N)C(=O)Nc1ccn(CCN(C)C)n1. The average Bonchev–Trinajstić information content (AvgIpc) is 2.72. The first-order valence-corrected chi connectivity index (χ1v) is 6.14. The van der Waals surface area contributed by atoms with Crippen LogP contribution >= 0.6 is 0 Å². The maximum absolute atomic E-state index is 11.7. The summed E-state index contributed by atoms with van der Waals surface area (Å²) < 4.78 is 1.80. The predicted octanol–water partition coefficient (Wildman–Crippen LogP) is 0.367. The molecule has 3 N–H and O–H groups in total. The lowest BCUT2D eigenvalue weighted by molar-refractivity contribution is -0.118. The third-order valence-electron chi connectivity index (χ3n) is 2.69. The third kappa shape index (κ3) is 4.46. The fourth-order valence-corrected chi connectivity index (χ4v) is 1.37. The molecule has 0 radical (unpaired) electrons. The number of hydrogen-bond donors (Lipinski definition) is 2. The van der Waals surface area contributed by atoms with Gasteiger partial charge in [0.15, 0.2) is 5.82 Å². The van der Waals surface area contributed by atoms with Gasteiger partial charge in [-0.25, -0.2) is 0 Å². The summed E-state index contributed by atoms with van der Waals surface area (Å²) >= 11 is 0. The fraction of sp³-hybridized carbons (Fsp3) is 0.667. The second kappa shape index (κ2) is 6.51. The van der Waals surface area contributed by atoms with Crippen molar-refractivity contribution in [2.24, 2.45) is 11.7 Å². The molecule has 0 aliphatic rings.